The number of benzene rings is 2. The van der Waals surface area contributed by atoms with Gasteiger partial charge in [-0.05, 0) is 48.0 Å². The van der Waals surface area contributed by atoms with E-state index in [4.69, 9.17) is 12.2 Å². The Balaban J connectivity index is 1.87. The van der Waals surface area contributed by atoms with Crippen LogP contribution in [0.3, 0.4) is 0 Å². The molecule has 1 fully saturated rings. The second kappa shape index (κ2) is 7.16. The van der Waals surface area contributed by atoms with Gasteiger partial charge in [-0.3, -0.25) is 9.69 Å². The van der Waals surface area contributed by atoms with Crippen molar-refractivity contribution in [1.29, 1.82) is 0 Å². The molecular formula is C18H12FNO3S2. The zero-order chi connectivity index (χ0) is 18.0. The number of ether oxygens (including phenoxy) is 1. The van der Waals surface area contributed by atoms with E-state index >= 15 is 0 Å². The SMILES string of the molecule is COC(=O)c1ccc(N2C(=O)/C(=C/c3cccc(F)c3)SC2=S)cc1. The normalized spacial score (nSPS) is 15.8. The first-order valence-electron chi connectivity index (χ1n) is 7.21. The number of rotatable bonds is 3. The van der Waals surface area contributed by atoms with E-state index in [0.717, 1.165) is 11.8 Å². The summed E-state index contributed by atoms with van der Waals surface area (Å²) in [6, 6.07) is 12.4. The van der Waals surface area contributed by atoms with Crippen LogP contribution in [0.5, 0.6) is 0 Å². The third-order valence-corrected chi connectivity index (χ3v) is 4.79. The maximum absolute atomic E-state index is 13.3. The van der Waals surface area contributed by atoms with Gasteiger partial charge in [0.2, 0.25) is 0 Å². The maximum Gasteiger partial charge on any atom is 0.337 e. The van der Waals surface area contributed by atoms with Crippen LogP contribution in [0.25, 0.3) is 6.08 Å². The minimum Gasteiger partial charge on any atom is -0.465 e. The molecule has 126 valence electrons. The highest BCUT2D eigenvalue weighted by Gasteiger charge is 2.33. The number of hydrogen-bond acceptors (Lipinski definition) is 5. The van der Waals surface area contributed by atoms with Crippen LogP contribution in [0.15, 0.2) is 53.4 Å². The van der Waals surface area contributed by atoms with Crippen molar-refractivity contribution in [3.05, 3.63) is 70.4 Å². The molecule has 7 heteroatoms. The van der Waals surface area contributed by atoms with Gasteiger partial charge in [-0.2, -0.15) is 0 Å². The molecule has 2 aromatic rings. The van der Waals surface area contributed by atoms with E-state index in [1.165, 1.54) is 24.1 Å². The van der Waals surface area contributed by atoms with Crippen molar-refractivity contribution >= 4 is 51.9 Å². The number of anilines is 1. The number of esters is 1. The van der Waals surface area contributed by atoms with Crippen molar-refractivity contribution in [2.24, 2.45) is 0 Å². The Kier molecular flexibility index (Phi) is 4.96. The Morgan fingerprint density at radius 3 is 2.60 bits per heavy atom. The summed E-state index contributed by atoms with van der Waals surface area (Å²) in [7, 11) is 1.30. The fourth-order valence-corrected chi connectivity index (χ4v) is 3.60. The van der Waals surface area contributed by atoms with Gasteiger partial charge in [0.05, 0.1) is 23.3 Å². The van der Waals surface area contributed by atoms with Crippen LogP contribution in [-0.2, 0) is 9.53 Å². The molecular weight excluding hydrogens is 361 g/mol. The molecule has 0 atom stereocenters. The summed E-state index contributed by atoms with van der Waals surface area (Å²) >= 11 is 6.43. The Hall–Kier alpha value is -2.51. The molecule has 0 unspecified atom stereocenters. The van der Waals surface area contributed by atoms with Crippen LogP contribution in [0, 0.1) is 5.82 Å². The van der Waals surface area contributed by atoms with E-state index in [1.807, 2.05) is 0 Å². The fraction of sp³-hybridized carbons (Fsp3) is 0.0556. The predicted octanol–water partition coefficient (Wildman–Crippen LogP) is 4.02. The number of thiocarbonyl (C=S) groups is 1. The summed E-state index contributed by atoms with van der Waals surface area (Å²) in [6.07, 6.45) is 1.60. The first-order valence-corrected chi connectivity index (χ1v) is 8.44. The summed E-state index contributed by atoms with van der Waals surface area (Å²) in [4.78, 5) is 25.9. The Morgan fingerprint density at radius 2 is 1.96 bits per heavy atom. The van der Waals surface area contributed by atoms with E-state index in [9.17, 15) is 14.0 Å². The van der Waals surface area contributed by atoms with Gasteiger partial charge < -0.3 is 4.74 Å². The third kappa shape index (κ3) is 3.62. The number of thioether (sulfide) groups is 1. The minimum atomic E-state index is -0.456. The zero-order valence-corrected chi connectivity index (χ0v) is 14.7. The Morgan fingerprint density at radius 1 is 1.24 bits per heavy atom. The summed E-state index contributed by atoms with van der Waals surface area (Å²) in [5.74, 6) is -1.12. The smallest absolute Gasteiger partial charge is 0.337 e. The molecule has 0 aromatic heterocycles. The average molecular weight is 373 g/mol. The number of carbonyl (C=O) groups excluding carboxylic acids is 2. The first kappa shape index (κ1) is 17.3. The van der Waals surface area contributed by atoms with Crippen molar-refractivity contribution in [1.82, 2.24) is 0 Å². The highest BCUT2D eigenvalue weighted by molar-refractivity contribution is 8.27. The summed E-state index contributed by atoms with van der Waals surface area (Å²) in [6.45, 7) is 0. The van der Waals surface area contributed by atoms with Crippen molar-refractivity contribution in [2.75, 3.05) is 12.0 Å². The van der Waals surface area contributed by atoms with Gasteiger partial charge in [-0.15, -0.1) is 0 Å². The molecule has 25 heavy (non-hydrogen) atoms. The number of hydrogen-bond donors (Lipinski definition) is 0. The predicted molar refractivity (Wildman–Crippen MR) is 99.8 cm³/mol. The van der Waals surface area contributed by atoms with Gasteiger partial charge in [0, 0.05) is 0 Å². The zero-order valence-electron chi connectivity index (χ0n) is 13.1. The number of methoxy groups -OCH3 is 1. The molecule has 2 aromatic carbocycles. The molecule has 1 aliphatic rings. The van der Waals surface area contributed by atoms with Crippen molar-refractivity contribution in [3.8, 4) is 0 Å². The Labute approximate surface area is 153 Å². The van der Waals surface area contributed by atoms with Gasteiger partial charge in [0.15, 0.2) is 4.32 Å². The maximum atomic E-state index is 13.3. The second-order valence-electron chi connectivity index (χ2n) is 5.11. The van der Waals surface area contributed by atoms with Crippen LogP contribution < -0.4 is 4.90 Å². The lowest BCUT2D eigenvalue weighted by Gasteiger charge is -2.14. The number of amides is 1. The molecule has 0 N–H and O–H groups in total. The fourth-order valence-electron chi connectivity index (χ4n) is 2.30. The molecule has 0 radical (unpaired) electrons. The number of carbonyl (C=O) groups is 2. The quantitative estimate of drug-likeness (QED) is 0.462. The average Bonchev–Trinajstić information content (AvgIpc) is 2.88. The number of nitrogens with zero attached hydrogens (tertiary/aromatic N) is 1. The van der Waals surface area contributed by atoms with E-state index in [1.54, 1.807) is 42.5 Å². The van der Waals surface area contributed by atoms with Crippen molar-refractivity contribution in [3.63, 3.8) is 0 Å². The van der Waals surface area contributed by atoms with E-state index in [-0.39, 0.29) is 11.7 Å². The van der Waals surface area contributed by atoms with Crippen LogP contribution in [0.1, 0.15) is 15.9 Å². The molecule has 0 bridgehead atoms. The lowest BCUT2D eigenvalue weighted by atomic mass is 10.2. The molecule has 4 nitrogen and oxygen atoms in total. The van der Waals surface area contributed by atoms with Gasteiger partial charge in [-0.1, -0.05) is 36.1 Å². The standard InChI is InChI=1S/C18H12FNO3S2/c1-23-17(22)12-5-7-14(8-6-12)20-16(21)15(25-18(20)24)10-11-3-2-4-13(19)9-11/h2-10H,1H3/b15-10-. The largest absolute Gasteiger partial charge is 0.465 e. The van der Waals surface area contributed by atoms with E-state index < -0.39 is 5.97 Å². The third-order valence-electron chi connectivity index (χ3n) is 3.49. The molecule has 3 rings (SSSR count). The van der Waals surface area contributed by atoms with Gasteiger partial charge in [0.1, 0.15) is 5.82 Å². The van der Waals surface area contributed by atoms with Crippen LogP contribution in [0.4, 0.5) is 10.1 Å². The van der Waals surface area contributed by atoms with E-state index in [2.05, 4.69) is 4.74 Å². The summed E-state index contributed by atoms with van der Waals surface area (Å²) in [5.41, 5.74) is 1.52. The number of halogens is 1. The molecule has 1 heterocycles. The highest BCUT2D eigenvalue weighted by Crippen LogP contribution is 2.36. The molecule has 0 saturated carbocycles. The van der Waals surface area contributed by atoms with Crippen molar-refractivity contribution < 1.29 is 18.7 Å². The van der Waals surface area contributed by atoms with Crippen LogP contribution in [0.2, 0.25) is 0 Å². The van der Waals surface area contributed by atoms with Gasteiger partial charge >= 0.3 is 5.97 Å². The Bertz CT molecular complexity index is 893. The molecule has 0 aliphatic carbocycles. The van der Waals surface area contributed by atoms with E-state index in [0.29, 0.717) is 26.0 Å². The first-order chi connectivity index (χ1) is 12.0. The van der Waals surface area contributed by atoms with Crippen LogP contribution in [-0.4, -0.2) is 23.3 Å². The summed E-state index contributed by atoms with van der Waals surface area (Å²) in [5, 5.41) is 0. The van der Waals surface area contributed by atoms with Crippen molar-refractivity contribution in [2.45, 2.75) is 0 Å². The lowest BCUT2D eigenvalue weighted by molar-refractivity contribution is -0.113. The second-order valence-corrected chi connectivity index (χ2v) is 6.79. The lowest BCUT2D eigenvalue weighted by Crippen LogP contribution is -2.27. The minimum absolute atomic E-state index is 0.287. The molecule has 1 amide bonds. The monoisotopic (exact) mass is 373 g/mol. The molecule has 0 spiro atoms. The van der Waals surface area contributed by atoms with Crippen LogP contribution >= 0.6 is 24.0 Å². The summed E-state index contributed by atoms with van der Waals surface area (Å²) < 4.78 is 18.3. The van der Waals surface area contributed by atoms with Gasteiger partial charge in [-0.25, -0.2) is 9.18 Å². The van der Waals surface area contributed by atoms with Gasteiger partial charge in [0.25, 0.3) is 5.91 Å². The molecule has 1 saturated heterocycles. The highest BCUT2D eigenvalue weighted by atomic mass is 32.2. The topological polar surface area (TPSA) is 46.6 Å². The molecule has 1 aliphatic heterocycles.